The van der Waals surface area contributed by atoms with Crippen LogP contribution in [0.4, 0.5) is 10.2 Å². The highest BCUT2D eigenvalue weighted by atomic mass is 32.1. The number of morpholine rings is 1. The van der Waals surface area contributed by atoms with Crippen molar-refractivity contribution in [3.63, 3.8) is 0 Å². The highest BCUT2D eigenvalue weighted by molar-refractivity contribution is 7.19. The Morgan fingerprint density at radius 1 is 1.11 bits per heavy atom. The third-order valence-electron chi connectivity index (χ3n) is 5.59. The Bertz CT molecular complexity index is 982. The van der Waals surface area contributed by atoms with Crippen LogP contribution < -0.4 is 10.2 Å². The first-order valence-corrected chi connectivity index (χ1v) is 10.8. The number of aromatic nitrogens is 2. The Balaban J connectivity index is 1.46. The predicted octanol–water partition coefficient (Wildman–Crippen LogP) is 2.35. The lowest BCUT2D eigenvalue weighted by Gasteiger charge is -2.23. The van der Waals surface area contributed by atoms with Gasteiger partial charge in [-0.05, 0) is 42.5 Å². The molecule has 28 heavy (non-hydrogen) atoms. The van der Waals surface area contributed by atoms with Crippen molar-refractivity contribution in [1.82, 2.24) is 9.97 Å². The molecule has 0 unspecified atom stereocenters. The Kier molecular flexibility index (Phi) is 4.96. The van der Waals surface area contributed by atoms with Crippen LogP contribution in [0.3, 0.4) is 0 Å². The highest BCUT2D eigenvalue weighted by Crippen LogP contribution is 2.39. The summed E-state index contributed by atoms with van der Waals surface area (Å²) in [5, 5.41) is 4.71. The summed E-state index contributed by atoms with van der Waals surface area (Å²) >= 11 is 1.83. The summed E-state index contributed by atoms with van der Waals surface area (Å²) in [6, 6.07) is 6.64. The first kappa shape index (κ1) is 18.0. The van der Waals surface area contributed by atoms with E-state index in [1.54, 1.807) is 0 Å². The van der Waals surface area contributed by atoms with Crippen LogP contribution in [0.25, 0.3) is 10.2 Å². The molecule has 0 amide bonds. The van der Waals surface area contributed by atoms with Gasteiger partial charge in [0.15, 0.2) is 5.82 Å². The Hall–Kier alpha value is -2.09. The molecule has 2 N–H and O–H groups in total. The van der Waals surface area contributed by atoms with Gasteiger partial charge in [-0.1, -0.05) is 12.1 Å². The average molecular weight is 400 g/mol. The zero-order valence-electron chi connectivity index (χ0n) is 15.8. The van der Waals surface area contributed by atoms with E-state index in [9.17, 15) is 4.39 Å². The lowest BCUT2D eigenvalue weighted by molar-refractivity contribution is -0.922. The van der Waals surface area contributed by atoms with Crippen molar-refractivity contribution in [1.29, 1.82) is 0 Å². The normalized spacial score (nSPS) is 17.2. The molecule has 0 spiro atoms. The molecule has 5 rings (SSSR count). The molecule has 1 aromatic carbocycles. The van der Waals surface area contributed by atoms with E-state index in [1.807, 2.05) is 23.5 Å². The van der Waals surface area contributed by atoms with E-state index in [0.29, 0.717) is 6.54 Å². The lowest BCUT2D eigenvalue weighted by atomic mass is 10.1. The monoisotopic (exact) mass is 399 g/mol. The van der Waals surface area contributed by atoms with Gasteiger partial charge in [-0.3, -0.25) is 0 Å². The largest absolute Gasteiger partial charge is 0.370 e. The van der Waals surface area contributed by atoms with E-state index in [1.165, 1.54) is 39.3 Å². The van der Waals surface area contributed by atoms with Crippen LogP contribution in [0.1, 0.15) is 28.2 Å². The smallest absolute Gasteiger partial charge is 0.187 e. The fraction of sp³-hybridized carbons (Fsp3) is 0.429. The van der Waals surface area contributed by atoms with Crippen molar-refractivity contribution in [3.05, 3.63) is 51.9 Å². The van der Waals surface area contributed by atoms with Crippen LogP contribution in [-0.2, 0) is 30.7 Å². The molecule has 3 heterocycles. The van der Waals surface area contributed by atoms with Crippen LogP contribution in [0.15, 0.2) is 24.3 Å². The van der Waals surface area contributed by atoms with Crippen molar-refractivity contribution < 1.29 is 14.0 Å². The number of halogens is 1. The van der Waals surface area contributed by atoms with Crippen molar-refractivity contribution >= 4 is 27.4 Å². The molecule has 0 bridgehead atoms. The standard InChI is InChI=1S/C21H23FN4OS/c22-15-6-4-14(5-7-15)12-23-20-19-16-2-1-3-17(16)28-21(19)25-18(24-20)13-26-8-10-27-11-9-26/h4-7H,1-3,8-13H2,(H,23,24,25)/p+1. The minimum Gasteiger partial charge on any atom is -0.370 e. The number of ether oxygens (including phenoxy) is 1. The van der Waals surface area contributed by atoms with Gasteiger partial charge in [0.05, 0.1) is 18.6 Å². The molecule has 1 saturated heterocycles. The number of nitrogens with zero attached hydrogens (tertiary/aromatic N) is 2. The van der Waals surface area contributed by atoms with Crippen molar-refractivity contribution in [2.24, 2.45) is 0 Å². The van der Waals surface area contributed by atoms with E-state index < -0.39 is 0 Å². The van der Waals surface area contributed by atoms with Gasteiger partial charge in [-0.25, -0.2) is 14.4 Å². The first-order valence-electron chi connectivity index (χ1n) is 9.97. The van der Waals surface area contributed by atoms with Crippen molar-refractivity contribution in [2.45, 2.75) is 32.4 Å². The summed E-state index contributed by atoms with van der Waals surface area (Å²) in [5.41, 5.74) is 2.47. The molecule has 1 aliphatic heterocycles. The molecule has 1 aliphatic carbocycles. The Morgan fingerprint density at radius 3 is 2.75 bits per heavy atom. The summed E-state index contributed by atoms with van der Waals surface area (Å²) in [7, 11) is 0. The average Bonchev–Trinajstić information content (AvgIpc) is 3.29. The molecule has 3 aromatic rings. The van der Waals surface area contributed by atoms with Crippen molar-refractivity contribution in [3.8, 4) is 0 Å². The van der Waals surface area contributed by atoms with Gasteiger partial charge in [0, 0.05) is 11.4 Å². The van der Waals surface area contributed by atoms with Crippen LogP contribution in [0, 0.1) is 5.82 Å². The second-order valence-electron chi connectivity index (χ2n) is 7.55. The van der Waals surface area contributed by atoms with Gasteiger partial charge in [0.2, 0.25) is 0 Å². The summed E-state index contributed by atoms with van der Waals surface area (Å²) in [4.78, 5) is 13.9. The maximum atomic E-state index is 13.2. The summed E-state index contributed by atoms with van der Waals surface area (Å²) < 4.78 is 18.7. The number of rotatable bonds is 5. The van der Waals surface area contributed by atoms with E-state index in [4.69, 9.17) is 14.7 Å². The van der Waals surface area contributed by atoms with E-state index in [-0.39, 0.29) is 5.82 Å². The zero-order chi connectivity index (χ0) is 18.9. The molecular weight excluding hydrogens is 375 g/mol. The van der Waals surface area contributed by atoms with Gasteiger partial charge in [-0.2, -0.15) is 0 Å². The third kappa shape index (κ3) is 3.62. The van der Waals surface area contributed by atoms with Crippen LogP contribution >= 0.6 is 11.3 Å². The predicted molar refractivity (Wildman–Crippen MR) is 108 cm³/mol. The van der Waals surface area contributed by atoms with Gasteiger partial charge in [0.1, 0.15) is 36.1 Å². The number of thiophene rings is 1. The molecular formula is C21H24FN4OS+. The number of fused-ring (bicyclic) bond motifs is 3. The van der Waals surface area contributed by atoms with Gasteiger partial charge in [0.25, 0.3) is 0 Å². The van der Waals surface area contributed by atoms with Crippen LogP contribution in [0.5, 0.6) is 0 Å². The number of benzene rings is 1. The molecule has 2 aromatic heterocycles. The van der Waals surface area contributed by atoms with Crippen LogP contribution in [0.2, 0.25) is 0 Å². The zero-order valence-corrected chi connectivity index (χ0v) is 16.6. The van der Waals surface area contributed by atoms with E-state index in [2.05, 4.69) is 5.32 Å². The SMILES string of the molecule is Fc1ccc(CNc2nc(C[NH+]3CCOCC3)nc3sc4c(c23)CCC4)cc1. The number of aryl methyl sites for hydroxylation is 2. The van der Waals surface area contributed by atoms with Gasteiger partial charge >= 0.3 is 0 Å². The summed E-state index contributed by atoms with van der Waals surface area (Å²) in [6.45, 7) is 5.07. The molecule has 5 nitrogen and oxygen atoms in total. The molecule has 1 fully saturated rings. The fourth-order valence-electron chi connectivity index (χ4n) is 4.10. The quantitative estimate of drug-likeness (QED) is 0.692. The molecule has 2 aliphatic rings. The maximum Gasteiger partial charge on any atom is 0.187 e. The summed E-state index contributed by atoms with van der Waals surface area (Å²) in [5.74, 6) is 1.61. The number of nitrogens with one attached hydrogen (secondary N) is 2. The minimum absolute atomic E-state index is 0.209. The first-order chi connectivity index (χ1) is 13.8. The second kappa shape index (κ2) is 7.73. The number of hydrogen-bond donors (Lipinski definition) is 2. The van der Waals surface area contributed by atoms with Gasteiger partial charge < -0.3 is 15.0 Å². The molecule has 7 heteroatoms. The van der Waals surface area contributed by atoms with Gasteiger partial charge in [-0.15, -0.1) is 11.3 Å². The number of anilines is 1. The minimum atomic E-state index is -0.209. The highest BCUT2D eigenvalue weighted by Gasteiger charge is 2.24. The Morgan fingerprint density at radius 2 is 1.93 bits per heavy atom. The second-order valence-corrected chi connectivity index (χ2v) is 8.63. The topological polar surface area (TPSA) is 51.5 Å². The van der Waals surface area contributed by atoms with Crippen molar-refractivity contribution in [2.75, 3.05) is 31.6 Å². The molecule has 0 radical (unpaired) electrons. The third-order valence-corrected chi connectivity index (χ3v) is 6.78. The maximum absolute atomic E-state index is 13.2. The summed E-state index contributed by atoms with van der Waals surface area (Å²) in [6.07, 6.45) is 3.48. The number of hydrogen-bond acceptors (Lipinski definition) is 5. The number of quaternary nitrogens is 1. The fourth-order valence-corrected chi connectivity index (χ4v) is 5.38. The lowest BCUT2D eigenvalue weighted by Crippen LogP contribution is -3.12. The molecule has 146 valence electrons. The van der Waals surface area contributed by atoms with E-state index >= 15 is 0 Å². The molecule has 0 atom stereocenters. The van der Waals surface area contributed by atoms with E-state index in [0.717, 1.165) is 67.7 Å². The molecule has 0 saturated carbocycles. The Labute approximate surface area is 167 Å². The van der Waals surface area contributed by atoms with Crippen LogP contribution in [-0.4, -0.2) is 36.3 Å².